The minimum Gasteiger partial charge on any atom is -0.483 e. The van der Waals surface area contributed by atoms with Crippen molar-refractivity contribution in [3.8, 4) is 5.75 Å². The molecule has 0 radical (unpaired) electrons. The molecule has 0 bridgehead atoms. The highest BCUT2D eigenvalue weighted by Crippen LogP contribution is 2.22. The number of carbonyl (C=O) groups is 1. The summed E-state index contributed by atoms with van der Waals surface area (Å²) in [5, 5.41) is 0. The number of rotatable bonds is 4. The third-order valence-corrected chi connectivity index (χ3v) is 4.68. The molecular weight excluding hydrogens is 384 g/mol. The van der Waals surface area contributed by atoms with Crippen LogP contribution in [-0.4, -0.2) is 53.6 Å². The summed E-state index contributed by atoms with van der Waals surface area (Å²) >= 11 is 3.33. The van der Waals surface area contributed by atoms with Gasteiger partial charge < -0.3 is 14.5 Å². The lowest BCUT2D eigenvalue weighted by molar-refractivity contribution is -0.133. The Kier molecular flexibility index (Phi) is 5.53. The fraction of sp³-hybridized carbons (Fsp3) is 0.389. The highest BCUT2D eigenvalue weighted by Gasteiger charge is 2.23. The number of ether oxygens (including phenoxy) is 1. The number of hydrogen-bond donors (Lipinski definition) is 0. The molecule has 1 aromatic heterocycles. The van der Waals surface area contributed by atoms with Crippen LogP contribution in [0.15, 0.2) is 35.1 Å². The first kappa shape index (κ1) is 17.7. The number of anilines is 1. The van der Waals surface area contributed by atoms with E-state index in [0.29, 0.717) is 19.0 Å². The Morgan fingerprint density at radius 1 is 1.12 bits per heavy atom. The predicted molar refractivity (Wildman–Crippen MR) is 99.9 cm³/mol. The number of nitrogens with zero attached hydrogens (tertiary/aromatic N) is 4. The zero-order valence-corrected chi connectivity index (χ0v) is 16.0. The smallest absolute Gasteiger partial charge is 0.260 e. The second kappa shape index (κ2) is 7.82. The Labute approximate surface area is 156 Å². The molecule has 0 saturated carbocycles. The van der Waals surface area contributed by atoms with E-state index in [1.807, 2.05) is 36.9 Å². The van der Waals surface area contributed by atoms with Gasteiger partial charge in [0.25, 0.3) is 5.91 Å². The van der Waals surface area contributed by atoms with Gasteiger partial charge >= 0.3 is 0 Å². The lowest BCUT2D eigenvalue weighted by atomic mass is 10.1. The van der Waals surface area contributed by atoms with E-state index in [4.69, 9.17) is 4.74 Å². The molecule has 1 fully saturated rings. The third-order valence-electron chi connectivity index (χ3n) is 4.27. The lowest BCUT2D eigenvalue weighted by Gasteiger charge is -2.34. The number of para-hydroxylation sites is 1. The Balaban J connectivity index is 1.52. The van der Waals surface area contributed by atoms with Gasteiger partial charge in [0, 0.05) is 38.6 Å². The van der Waals surface area contributed by atoms with Crippen molar-refractivity contribution in [2.45, 2.75) is 13.8 Å². The molecule has 0 aliphatic carbocycles. The predicted octanol–water partition coefficient (Wildman–Crippen LogP) is 2.58. The maximum absolute atomic E-state index is 12.4. The minimum absolute atomic E-state index is 0.0130. The van der Waals surface area contributed by atoms with Crippen molar-refractivity contribution in [3.63, 3.8) is 0 Å². The molecule has 0 N–H and O–H groups in total. The Bertz CT molecular complexity index is 723. The number of aryl methyl sites for hydroxylation is 2. The zero-order chi connectivity index (χ0) is 17.8. The third kappa shape index (κ3) is 4.28. The fourth-order valence-corrected chi connectivity index (χ4v) is 3.08. The van der Waals surface area contributed by atoms with Crippen molar-refractivity contribution in [1.82, 2.24) is 14.9 Å². The van der Waals surface area contributed by atoms with Gasteiger partial charge in [0.15, 0.2) is 6.61 Å². The van der Waals surface area contributed by atoms with Crippen LogP contribution in [0.4, 0.5) is 5.95 Å². The molecule has 0 atom stereocenters. The molecule has 25 heavy (non-hydrogen) atoms. The van der Waals surface area contributed by atoms with E-state index in [9.17, 15) is 4.79 Å². The molecule has 1 aliphatic heterocycles. The van der Waals surface area contributed by atoms with Gasteiger partial charge in [-0.3, -0.25) is 4.79 Å². The van der Waals surface area contributed by atoms with E-state index in [2.05, 4.69) is 30.8 Å². The number of benzene rings is 1. The van der Waals surface area contributed by atoms with Crippen LogP contribution in [0.5, 0.6) is 5.75 Å². The van der Waals surface area contributed by atoms with Gasteiger partial charge in [0.05, 0.1) is 4.47 Å². The summed E-state index contributed by atoms with van der Waals surface area (Å²) in [7, 11) is 0. The van der Waals surface area contributed by atoms with Crippen LogP contribution < -0.4 is 9.64 Å². The van der Waals surface area contributed by atoms with E-state index < -0.39 is 0 Å². The summed E-state index contributed by atoms with van der Waals surface area (Å²) in [6, 6.07) is 5.97. The van der Waals surface area contributed by atoms with E-state index >= 15 is 0 Å². The molecule has 7 heteroatoms. The van der Waals surface area contributed by atoms with E-state index in [-0.39, 0.29) is 12.5 Å². The maximum atomic E-state index is 12.4. The van der Waals surface area contributed by atoms with Crippen LogP contribution in [0, 0.1) is 13.8 Å². The molecular formula is C18H21BrN4O2. The first-order valence-corrected chi connectivity index (χ1v) is 9.03. The van der Waals surface area contributed by atoms with E-state index in [1.54, 1.807) is 12.4 Å². The normalized spacial score (nSPS) is 14.5. The van der Waals surface area contributed by atoms with Gasteiger partial charge in [-0.2, -0.15) is 0 Å². The molecule has 2 aromatic rings. The van der Waals surface area contributed by atoms with E-state index in [0.717, 1.165) is 34.4 Å². The summed E-state index contributed by atoms with van der Waals surface area (Å²) in [5.41, 5.74) is 2.09. The molecule has 2 heterocycles. The average Bonchev–Trinajstić information content (AvgIpc) is 2.62. The van der Waals surface area contributed by atoms with Crippen molar-refractivity contribution in [2.24, 2.45) is 0 Å². The van der Waals surface area contributed by atoms with Gasteiger partial charge in [0.2, 0.25) is 5.95 Å². The molecule has 6 nitrogen and oxygen atoms in total. The SMILES string of the molecule is Cc1cccc(C)c1OCC(=O)N1CCN(c2ncc(Br)cn2)CC1. The highest BCUT2D eigenvalue weighted by atomic mass is 79.9. The Morgan fingerprint density at radius 2 is 1.72 bits per heavy atom. The number of amides is 1. The van der Waals surface area contributed by atoms with Crippen LogP contribution in [0.3, 0.4) is 0 Å². The first-order valence-electron chi connectivity index (χ1n) is 8.24. The topological polar surface area (TPSA) is 58.6 Å². The van der Waals surface area contributed by atoms with Crippen molar-refractivity contribution in [2.75, 3.05) is 37.7 Å². The second-order valence-corrected chi connectivity index (χ2v) is 6.99. The number of carbonyl (C=O) groups excluding carboxylic acids is 1. The van der Waals surface area contributed by atoms with Crippen molar-refractivity contribution in [3.05, 3.63) is 46.2 Å². The molecule has 3 rings (SSSR count). The van der Waals surface area contributed by atoms with Crippen LogP contribution in [0.2, 0.25) is 0 Å². The lowest BCUT2D eigenvalue weighted by Crippen LogP contribution is -2.50. The van der Waals surface area contributed by atoms with Crippen LogP contribution in [0.25, 0.3) is 0 Å². The van der Waals surface area contributed by atoms with Gasteiger partial charge in [-0.25, -0.2) is 9.97 Å². The molecule has 0 unspecified atom stereocenters. The number of hydrogen-bond acceptors (Lipinski definition) is 5. The van der Waals surface area contributed by atoms with Crippen LogP contribution in [-0.2, 0) is 4.79 Å². The van der Waals surface area contributed by atoms with Crippen LogP contribution >= 0.6 is 15.9 Å². The summed E-state index contributed by atoms with van der Waals surface area (Å²) in [5.74, 6) is 1.51. The quantitative estimate of drug-likeness (QED) is 0.783. The largest absolute Gasteiger partial charge is 0.483 e. The standard InChI is InChI=1S/C18H21BrN4O2/c1-13-4-3-5-14(2)17(13)25-12-16(24)22-6-8-23(9-7-22)18-20-10-15(19)11-21-18/h3-5,10-11H,6-9,12H2,1-2H3. The van der Waals surface area contributed by atoms with Gasteiger partial charge in [0.1, 0.15) is 5.75 Å². The van der Waals surface area contributed by atoms with Crippen molar-refractivity contribution >= 4 is 27.8 Å². The van der Waals surface area contributed by atoms with Gasteiger partial charge in [-0.1, -0.05) is 18.2 Å². The number of piperazine rings is 1. The fourth-order valence-electron chi connectivity index (χ4n) is 2.88. The maximum Gasteiger partial charge on any atom is 0.260 e. The highest BCUT2D eigenvalue weighted by molar-refractivity contribution is 9.10. The molecule has 1 aromatic carbocycles. The Hall–Kier alpha value is -2.15. The molecule has 0 spiro atoms. The summed E-state index contributed by atoms with van der Waals surface area (Å²) in [4.78, 5) is 25.0. The number of aromatic nitrogens is 2. The van der Waals surface area contributed by atoms with E-state index in [1.165, 1.54) is 0 Å². The zero-order valence-electron chi connectivity index (χ0n) is 14.4. The molecule has 132 valence electrons. The molecule has 1 amide bonds. The Morgan fingerprint density at radius 3 is 2.32 bits per heavy atom. The minimum atomic E-state index is 0.0130. The summed E-state index contributed by atoms with van der Waals surface area (Å²) in [6.45, 7) is 6.78. The summed E-state index contributed by atoms with van der Waals surface area (Å²) in [6.07, 6.45) is 3.47. The summed E-state index contributed by atoms with van der Waals surface area (Å²) < 4.78 is 6.63. The van der Waals surface area contributed by atoms with Crippen LogP contribution in [0.1, 0.15) is 11.1 Å². The monoisotopic (exact) mass is 404 g/mol. The second-order valence-electron chi connectivity index (χ2n) is 6.08. The first-order chi connectivity index (χ1) is 12.0. The molecule has 1 aliphatic rings. The van der Waals surface area contributed by atoms with Crippen molar-refractivity contribution in [1.29, 1.82) is 0 Å². The average molecular weight is 405 g/mol. The van der Waals surface area contributed by atoms with Gasteiger partial charge in [-0.15, -0.1) is 0 Å². The number of halogens is 1. The molecule has 1 saturated heterocycles. The van der Waals surface area contributed by atoms with Crippen molar-refractivity contribution < 1.29 is 9.53 Å². The van der Waals surface area contributed by atoms with Gasteiger partial charge in [-0.05, 0) is 40.9 Å².